The number of hydrogen-bond acceptors (Lipinski definition) is 1. The fraction of sp³-hybridized carbons (Fsp3) is 0.564. The summed E-state index contributed by atoms with van der Waals surface area (Å²) in [5.41, 5.74) is 15.9. The van der Waals surface area contributed by atoms with Gasteiger partial charge in [0.2, 0.25) is 0 Å². The monoisotopic (exact) mass is 935 g/mol. The fourth-order valence-corrected chi connectivity index (χ4v) is 33.5. The van der Waals surface area contributed by atoms with E-state index in [1.54, 1.807) is 37.8 Å². The summed E-state index contributed by atoms with van der Waals surface area (Å²) < 4.78 is 5.46. The van der Waals surface area contributed by atoms with Gasteiger partial charge in [0.25, 0.3) is 0 Å². The first-order chi connectivity index (χ1) is 27.4. The van der Waals surface area contributed by atoms with Crippen LogP contribution in [0.3, 0.4) is 0 Å². The Labute approximate surface area is 375 Å². The number of rotatable bonds is 14. The summed E-state index contributed by atoms with van der Waals surface area (Å²) in [5, 5.41) is 1.52. The normalized spacial score (nSPS) is 12.1. The average Bonchev–Trinajstić information content (AvgIpc) is 3.15. The predicted octanol–water partition coefficient (Wildman–Crippen LogP) is 13.6. The second-order valence-electron chi connectivity index (χ2n) is 20.5. The number of anilines is 1. The second-order valence-corrected chi connectivity index (χ2v) is 36.5. The summed E-state index contributed by atoms with van der Waals surface area (Å²) in [5.74, 6) is 4.69. The van der Waals surface area contributed by atoms with Crippen LogP contribution >= 0.6 is 0 Å². The quantitative estimate of drug-likeness (QED) is 0.114. The van der Waals surface area contributed by atoms with Crippen LogP contribution in [-0.2, 0) is 0 Å². The van der Waals surface area contributed by atoms with Gasteiger partial charge < -0.3 is 4.90 Å². The van der Waals surface area contributed by atoms with Crippen molar-refractivity contribution in [3.8, 4) is 0 Å². The van der Waals surface area contributed by atoms with Crippen molar-refractivity contribution in [2.45, 2.75) is 191 Å². The largest absolute Gasteiger partial charge is 0.378 e. The third kappa shape index (κ3) is 12.8. The van der Waals surface area contributed by atoms with E-state index in [0.29, 0.717) is 53.3 Å². The fourth-order valence-electron chi connectivity index (χ4n) is 8.25. The Bertz CT molecular complexity index is 1830. The van der Waals surface area contributed by atoms with Crippen LogP contribution in [0.1, 0.15) is 228 Å². The van der Waals surface area contributed by atoms with Crippen molar-refractivity contribution in [1.82, 2.24) is 0 Å². The van der Waals surface area contributed by atoms with Gasteiger partial charge in [-0.15, -0.1) is 0 Å². The third-order valence-corrected chi connectivity index (χ3v) is 31.3. The molecule has 4 rings (SSSR count). The Morgan fingerprint density at radius 2 is 0.712 bits per heavy atom. The molecule has 0 aliphatic rings. The molecule has 0 unspecified atom stereocenters. The van der Waals surface area contributed by atoms with Crippen molar-refractivity contribution in [1.29, 1.82) is 0 Å². The maximum Gasteiger partial charge on any atom is 0.0819 e. The molecule has 4 aromatic rings. The van der Waals surface area contributed by atoms with Gasteiger partial charge in [-0.05, 0) is 11.3 Å². The molecule has 4 aromatic carbocycles. The number of nitrogens with zero attached hydrogens (tertiary/aromatic N) is 1. The zero-order valence-corrected chi connectivity index (χ0v) is 47.1. The molecule has 4 heteroatoms. The molecule has 0 aliphatic heterocycles. The maximum atomic E-state index is 2.65. The van der Waals surface area contributed by atoms with E-state index in [9.17, 15) is 0 Å². The average molecular weight is 934 g/mol. The van der Waals surface area contributed by atoms with Crippen molar-refractivity contribution in [2.24, 2.45) is 0 Å². The van der Waals surface area contributed by atoms with E-state index in [1.807, 2.05) is 8.79 Å². The Morgan fingerprint density at radius 3 is 0.949 bits per heavy atom. The van der Waals surface area contributed by atoms with E-state index in [1.165, 1.54) is 27.6 Å². The van der Waals surface area contributed by atoms with Crippen molar-refractivity contribution < 1.29 is 0 Å². The molecule has 0 heterocycles. The number of para-hydroxylation sites is 1. The van der Waals surface area contributed by atoms with Gasteiger partial charge in [0, 0.05) is 19.8 Å². The van der Waals surface area contributed by atoms with Crippen molar-refractivity contribution >= 4 is 57.6 Å². The molecule has 59 heavy (non-hydrogen) atoms. The molecule has 0 amide bonds. The summed E-state index contributed by atoms with van der Waals surface area (Å²) in [4.78, 5) is 2.19. The van der Waals surface area contributed by atoms with Gasteiger partial charge in [-0.3, -0.25) is 0 Å². The third-order valence-electron chi connectivity index (χ3n) is 12.1. The molecule has 0 spiro atoms. The van der Waals surface area contributed by atoms with Crippen LogP contribution < -0.4 is 23.3 Å². The van der Waals surface area contributed by atoms with Gasteiger partial charge in [0.15, 0.2) is 0 Å². The molecule has 2 radical (unpaired) electrons. The van der Waals surface area contributed by atoms with E-state index in [2.05, 4.69) is 217 Å². The SMILES string of the molecule is CC(C)c1cc(C(C)C)[c]([Ge]=[Ge]([c]2c(C(C)C)cc(C(C)C)cc2C(C)C)[c]2c(C(C)C)cc(C(C)C)cc2C(C)C)c(C(C)C)c1.CN(C)c1ccccc1[Si](C)C. The molecule has 0 saturated heterocycles. The molecular weight excluding hydrogens is 848 g/mol. The Kier molecular flexibility index (Phi) is 19.5. The van der Waals surface area contributed by atoms with Crippen LogP contribution in [0.25, 0.3) is 0 Å². The molecule has 0 aliphatic carbocycles. The molecule has 0 atom stereocenters. The second kappa shape index (κ2) is 22.4. The first kappa shape index (κ1) is 51.3. The van der Waals surface area contributed by atoms with E-state index < -0.39 is 24.8 Å². The van der Waals surface area contributed by atoms with E-state index >= 15 is 0 Å². The van der Waals surface area contributed by atoms with Gasteiger partial charge in [-0.25, -0.2) is 0 Å². The summed E-state index contributed by atoms with van der Waals surface area (Å²) in [6.45, 7) is 48.5. The van der Waals surface area contributed by atoms with Crippen LogP contribution in [0.2, 0.25) is 13.1 Å². The zero-order chi connectivity index (χ0) is 44.8. The molecule has 0 saturated carbocycles. The summed E-state index contributed by atoms with van der Waals surface area (Å²) in [6, 6.07) is 24.5. The Morgan fingerprint density at radius 1 is 0.424 bits per heavy atom. The van der Waals surface area contributed by atoms with Gasteiger partial charge in [-0.2, -0.15) is 0 Å². The molecule has 0 N–H and O–H groups in total. The van der Waals surface area contributed by atoms with Crippen LogP contribution in [-0.4, -0.2) is 47.7 Å². The molecule has 322 valence electrons. The number of benzene rings is 4. The molecule has 0 aromatic heterocycles. The summed E-state index contributed by atoms with van der Waals surface area (Å²) in [6.07, 6.45) is 0. The van der Waals surface area contributed by atoms with E-state index in [4.69, 9.17) is 0 Å². The van der Waals surface area contributed by atoms with Crippen LogP contribution in [0.4, 0.5) is 5.69 Å². The standard InChI is InChI=1S/C45H69Ge2.C10H16NSi/c1-25(2)34-19-37(28(7)8)43(38(20-34)29(9)10)46-47(44-39(30(11)12)21-35(26(3)4)22-40(44)31(13)14)45-41(32(15)16)23-36(27(5)6)24-42(45)33(17)18;1-11(2)9-7-5-6-8-10(9)12(3)4/h19-33H,1-18H3;5-8H,1-4H3. The molecule has 0 fully saturated rings. The Balaban J connectivity index is 0.000000662. The van der Waals surface area contributed by atoms with Crippen molar-refractivity contribution in [3.05, 3.63) is 111 Å². The van der Waals surface area contributed by atoms with Crippen LogP contribution in [0, 0.1) is 0 Å². The van der Waals surface area contributed by atoms with Crippen LogP contribution in [0.15, 0.2) is 60.7 Å². The zero-order valence-electron chi connectivity index (χ0n) is 41.9. The van der Waals surface area contributed by atoms with Crippen LogP contribution in [0.5, 0.6) is 0 Å². The number of hydrogen-bond donors (Lipinski definition) is 0. The topological polar surface area (TPSA) is 3.24 Å². The molecule has 1 nitrogen and oxygen atoms in total. The predicted molar refractivity (Wildman–Crippen MR) is 274 cm³/mol. The van der Waals surface area contributed by atoms with E-state index in [-0.39, 0.29) is 8.80 Å². The first-order valence-corrected chi connectivity index (χ1v) is 35.3. The van der Waals surface area contributed by atoms with E-state index in [0.717, 1.165) is 0 Å². The Hall–Kier alpha value is -2.02. The summed E-state index contributed by atoms with van der Waals surface area (Å²) in [7, 11) is 3.87. The van der Waals surface area contributed by atoms with Gasteiger partial charge in [0.1, 0.15) is 0 Å². The summed E-state index contributed by atoms with van der Waals surface area (Å²) >= 11 is -2.64. The van der Waals surface area contributed by atoms with Crippen molar-refractivity contribution in [2.75, 3.05) is 19.0 Å². The molecular formula is C55H85Ge2NSi. The van der Waals surface area contributed by atoms with Gasteiger partial charge in [0.05, 0.1) is 8.80 Å². The van der Waals surface area contributed by atoms with Gasteiger partial charge >= 0.3 is 302 Å². The minimum absolute atomic E-state index is 0.328. The maximum absolute atomic E-state index is 2.65. The smallest absolute Gasteiger partial charge is 0.0819 e. The van der Waals surface area contributed by atoms with Crippen molar-refractivity contribution in [3.63, 3.8) is 0 Å². The minimum Gasteiger partial charge on any atom is -0.378 e. The van der Waals surface area contributed by atoms with Gasteiger partial charge in [-0.1, -0.05) is 31.3 Å². The molecule has 0 bridgehead atoms. The first-order valence-electron chi connectivity index (χ1n) is 23.1. The minimum atomic E-state index is -2.14.